The molecule has 22 heavy (non-hydrogen) atoms. The Hall–Kier alpha value is -2.27. The third kappa shape index (κ3) is 4.63. The van der Waals surface area contributed by atoms with Crippen molar-refractivity contribution in [2.24, 2.45) is 0 Å². The van der Waals surface area contributed by atoms with Crippen LogP contribution in [0.1, 0.15) is 37.1 Å². The van der Waals surface area contributed by atoms with Gasteiger partial charge in [0.05, 0.1) is 12.4 Å². The van der Waals surface area contributed by atoms with Crippen LogP contribution in [0.4, 0.5) is 4.79 Å². The molecule has 1 aromatic carbocycles. The average Bonchev–Trinajstić information content (AvgIpc) is 3.07. The number of carbonyl (C=O) groups is 1. The number of aliphatic hydroxyl groups is 1. The molecule has 1 aromatic heterocycles. The summed E-state index contributed by atoms with van der Waals surface area (Å²) in [5.41, 5.74) is 0.946. The SMILES string of the molecule is CCC(O)CCNC(=O)NC(c1ccccc1)c1ccco1. The van der Waals surface area contributed by atoms with Crippen LogP contribution in [-0.2, 0) is 0 Å². The Kier molecular flexibility index (Phi) is 6.03. The summed E-state index contributed by atoms with van der Waals surface area (Å²) < 4.78 is 5.43. The molecule has 0 fully saturated rings. The van der Waals surface area contributed by atoms with Crippen LogP contribution >= 0.6 is 0 Å². The minimum atomic E-state index is -0.379. The van der Waals surface area contributed by atoms with Gasteiger partial charge in [0.25, 0.3) is 0 Å². The van der Waals surface area contributed by atoms with Crippen molar-refractivity contribution in [3.8, 4) is 0 Å². The predicted octanol–water partition coefficient (Wildman–Crippen LogP) is 2.83. The smallest absolute Gasteiger partial charge is 0.315 e. The molecule has 0 spiro atoms. The van der Waals surface area contributed by atoms with Gasteiger partial charge in [-0.1, -0.05) is 37.3 Å². The largest absolute Gasteiger partial charge is 0.467 e. The summed E-state index contributed by atoms with van der Waals surface area (Å²) in [7, 11) is 0. The zero-order valence-electron chi connectivity index (χ0n) is 12.7. The second-order valence-electron chi connectivity index (χ2n) is 5.11. The van der Waals surface area contributed by atoms with E-state index in [0.717, 1.165) is 5.56 Å². The van der Waals surface area contributed by atoms with Crippen molar-refractivity contribution in [1.82, 2.24) is 10.6 Å². The van der Waals surface area contributed by atoms with Crippen LogP contribution in [0.3, 0.4) is 0 Å². The molecule has 0 radical (unpaired) electrons. The van der Waals surface area contributed by atoms with Gasteiger partial charge in [-0.2, -0.15) is 0 Å². The first-order valence-electron chi connectivity index (χ1n) is 7.51. The van der Waals surface area contributed by atoms with E-state index in [4.69, 9.17) is 4.42 Å². The molecule has 5 nitrogen and oxygen atoms in total. The summed E-state index contributed by atoms with van der Waals surface area (Å²) in [5, 5.41) is 15.2. The maximum Gasteiger partial charge on any atom is 0.315 e. The standard InChI is InChI=1S/C17H22N2O3/c1-2-14(20)10-11-18-17(21)19-16(15-9-6-12-22-15)13-7-4-3-5-8-13/h3-9,12,14,16,20H,2,10-11H2,1H3,(H2,18,19,21). The maximum atomic E-state index is 12.0. The van der Waals surface area contributed by atoms with Crippen LogP contribution < -0.4 is 10.6 Å². The predicted molar refractivity (Wildman–Crippen MR) is 84.4 cm³/mol. The van der Waals surface area contributed by atoms with Gasteiger partial charge in [0.15, 0.2) is 0 Å². The number of aliphatic hydroxyl groups excluding tert-OH is 1. The lowest BCUT2D eigenvalue weighted by atomic mass is 10.1. The molecule has 0 bridgehead atoms. The molecule has 2 unspecified atom stereocenters. The summed E-state index contributed by atoms with van der Waals surface area (Å²) >= 11 is 0. The Balaban J connectivity index is 1.97. The molecule has 0 aliphatic carbocycles. The van der Waals surface area contributed by atoms with E-state index in [1.54, 1.807) is 12.3 Å². The number of benzene rings is 1. The molecule has 2 aromatic rings. The molecule has 0 aliphatic rings. The number of rotatable bonds is 7. The molecule has 0 aliphatic heterocycles. The van der Waals surface area contributed by atoms with Crippen LogP contribution in [0.2, 0.25) is 0 Å². The van der Waals surface area contributed by atoms with Gasteiger partial charge in [-0.3, -0.25) is 0 Å². The van der Waals surface area contributed by atoms with Crippen molar-refractivity contribution in [2.45, 2.75) is 31.9 Å². The molecule has 118 valence electrons. The quantitative estimate of drug-likeness (QED) is 0.736. The summed E-state index contributed by atoms with van der Waals surface area (Å²) in [6.45, 7) is 2.34. The fourth-order valence-electron chi connectivity index (χ4n) is 2.16. The van der Waals surface area contributed by atoms with Gasteiger partial charge in [0.1, 0.15) is 11.8 Å². The molecular formula is C17H22N2O3. The Morgan fingerprint density at radius 1 is 1.23 bits per heavy atom. The molecule has 0 saturated heterocycles. The Morgan fingerprint density at radius 2 is 2.00 bits per heavy atom. The van der Waals surface area contributed by atoms with Crippen molar-refractivity contribution >= 4 is 6.03 Å². The lowest BCUT2D eigenvalue weighted by molar-refractivity contribution is 0.160. The zero-order valence-corrected chi connectivity index (χ0v) is 12.7. The van der Waals surface area contributed by atoms with Gasteiger partial charge < -0.3 is 20.2 Å². The maximum absolute atomic E-state index is 12.0. The van der Waals surface area contributed by atoms with Crippen molar-refractivity contribution < 1.29 is 14.3 Å². The van der Waals surface area contributed by atoms with Crippen LogP contribution in [0.25, 0.3) is 0 Å². The number of amides is 2. The molecule has 2 rings (SSSR count). The number of nitrogens with one attached hydrogen (secondary N) is 2. The van der Waals surface area contributed by atoms with Crippen molar-refractivity contribution in [3.05, 3.63) is 60.1 Å². The fourth-order valence-corrected chi connectivity index (χ4v) is 2.16. The highest BCUT2D eigenvalue weighted by Crippen LogP contribution is 2.22. The van der Waals surface area contributed by atoms with E-state index in [1.807, 2.05) is 43.3 Å². The normalized spacial score (nSPS) is 13.4. The Bertz CT molecular complexity index is 555. The molecule has 2 amide bonds. The van der Waals surface area contributed by atoms with E-state index >= 15 is 0 Å². The Labute approximate surface area is 130 Å². The van der Waals surface area contributed by atoms with E-state index in [0.29, 0.717) is 25.1 Å². The van der Waals surface area contributed by atoms with Crippen LogP contribution in [0.15, 0.2) is 53.1 Å². The van der Waals surface area contributed by atoms with Gasteiger partial charge >= 0.3 is 6.03 Å². The number of hydrogen-bond acceptors (Lipinski definition) is 3. The van der Waals surface area contributed by atoms with Gasteiger partial charge in [0, 0.05) is 6.54 Å². The number of furan rings is 1. The first-order valence-corrected chi connectivity index (χ1v) is 7.51. The lowest BCUT2D eigenvalue weighted by Crippen LogP contribution is -2.39. The highest BCUT2D eigenvalue weighted by molar-refractivity contribution is 5.74. The number of carbonyl (C=O) groups excluding carboxylic acids is 1. The molecular weight excluding hydrogens is 280 g/mol. The minimum Gasteiger partial charge on any atom is -0.467 e. The fraction of sp³-hybridized carbons (Fsp3) is 0.353. The van der Waals surface area contributed by atoms with E-state index in [1.165, 1.54) is 0 Å². The highest BCUT2D eigenvalue weighted by Gasteiger charge is 2.19. The molecule has 5 heteroatoms. The minimum absolute atomic E-state index is 0.284. The first-order chi connectivity index (χ1) is 10.7. The van der Waals surface area contributed by atoms with E-state index in [2.05, 4.69) is 10.6 Å². The highest BCUT2D eigenvalue weighted by atomic mass is 16.3. The monoisotopic (exact) mass is 302 g/mol. The topological polar surface area (TPSA) is 74.5 Å². The van der Waals surface area contributed by atoms with Crippen molar-refractivity contribution in [3.63, 3.8) is 0 Å². The first kappa shape index (κ1) is 16.1. The van der Waals surface area contributed by atoms with Crippen LogP contribution in [0.5, 0.6) is 0 Å². The van der Waals surface area contributed by atoms with E-state index in [-0.39, 0.29) is 18.2 Å². The summed E-state index contributed by atoms with van der Waals surface area (Å²) in [5.74, 6) is 0.676. The molecule has 3 N–H and O–H groups in total. The van der Waals surface area contributed by atoms with Crippen LogP contribution in [0, 0.1) is 0 Å². The van der Waals surface area contributed by atoms with Gasteiger partial charge in [-0.15, -0.1) is 0 Å². The Morgan fingerprint density at radius 3 is 2.64 bits per heavy atom. The second kappa shape index (κ2) is 8.24. The molecule has 2 atom stereocenters. The summed E-state index contributed by atoms with van der Waals surface area (Å²) in [6, 6.07) is 12.6. The summed E-state index contributed by atoms with van der Waals surface area (Å²) in [6.07, 6.45) is 2.43. The average molecular weight is 302 g/mol. The van der Waals surface area contributed by atoms with Gasteiger partial charge in [-0.05, 0) is 30.5 Å². The van der Waals surface area contributed by atoms with Gasteiger partial charge in [-0.25, -0.2) is 4.79 Å². The van der Waals surface area contributed by atoms with Crippen LogP contribution in [-0.4, -0.2) is 23.8 Å². The van der Waals surface area contributed by atoms with Crippen molar-refractivity contribution in [1.29, 1.82) is 0 Å². The zero-order chi connectivity index (χ0) is 15.8. The molecule has 0 saturated carbocycles. The lowest BCUT2D eigenvalue weighted by Gasteiger charge is -2.18. The summed E-state index contributed by atoms with van der Waals surface area (Å²) in [4.78, 5) is 12.0. The van der Waals surface area contributed by atoms with E-state index in [9.17, 15) is 9.90 Å². The molecule has 1 heterocycles. The van der Waals surface area contributed by atoms with E-state index < -0.39 is 0 Å². The third-order valence-electron chi connectivity index (χ3n) is 3.47. The second-order valence-corrected chi connectivity index (χ2v) is 5.11. The number of urea groups is 1. The van der Waals surface area contributed by atoms with Crippen molar-refractivity contribution in [2.75, 3.05) is 6.54 Å². The third-order valence-corrected chi connectivity index (χ3v) is 3.47. The number of hydrogen-bond donors (Lipinski definition) is 3. The van der Waals surface area contributed by atoms with Gasteiger partial charge in [0.2, 0.25) is 0 Å².